The highest BCUT2D eigenvalue weighted by Crippen LogP contribution is 2.26. The molecule has 1 aliphatic rings. The van der Waals surface area contributed by atoms with Gasteiger partial charge in [-0.1, -0.05) is 23.8 Å². The third-order valence-electron chi connectivity index (χ3n) is 5.01. The van der Waals surface area contributed by atoms with Crippen LogP contribution in [0.2, 0.25) is 0 Å². The van der Waals surface area contributed by atoms with Gasteiger partial charge in [-0.2, -0.15) is 0 Å². The Labute approximate surface area is 165 Å². The predicted octanol–water partition coefficient (Wildman–Crippen LogP) is 4.45. The van der Waals surface area contributed by atoms with Gasteiger partial charge >= 0.3 is 0 Å². The zero-order valence-electron chi connectivity index (χ0n) is 15.9. The van der Waals surface area contributed by atoms with Gasteiger partial charge in [0.15, 0.2) is 0 Å². The zero-order chi connectivity index (χ0) is 18.6. The summed E-state index contributed by atoms with van der Waals surface area (Å²) in [4.78, 5) is 9.80. The minimum absolute atomic E-state index is 0.908. The predicted molar refractivity (Wildman–Crippen MR) is 113 cm³/mol. The molecule has 3 aromatic rings. The molecule has 1 aromatic heterocycles. The minimum atomic E-state index is 0.908. The Hall–Kier alpha value is -2.37. The van der Waals surface area contributed by atoms with Crippen molar-refractivity contribution in [3.63, 3.8) is 0 Å². The van der Waals surface area contributed by atoms with E-state index in [2.05, 4.69) is 58.5 Å². The van der Waals surface area contributed by atoms with Gasteiger partial charge < -0.3 is 9.64 Å². The first-order chi connectivity index (χ1) is 13.2. The number of nitrogens with zero attached hydrogens (tertiary/aromatic N) is 3. The number of benzene rings is 2. The Morgan fingerprint density at radius 1 is 1.04 bits per heavy atom. The number of methoxy groups -OCH3 is 1. The Morgan fingerprint density at radius 3 is 2.52 bits per heavy atom. The van der Waals surface area contributed by atoms with Gasteiger partial charge in [0.2, 0.25) is 0 Å². The molecule has 4 nitrogen and oxygen atoms in total. The van der Waals surface area contributed by atoms with E-state index in [0.717, 1.165) is 43.5 Å². The molecule has 4 rings (SSSR count). The van der Waals surface area contributed by atoms with E-state index in [0.29, 0.717) is 0 Å². The summed E-state index contributed by atoms with van der Waals surface area (Å²) in [6.45, 7) is 7.26. The number of hydrogen-bond donors (Lipinski definition) is 0. The van der Waals surface area contributed by atoms with E-state index < -0.39 is 0 Å². The van der Waals surface area contributed by atoms with Gasteiger partial charge in [0.25, 0.3) is 0 Å². The standard InChI is InChI=1S/C22H25N3OS/c1-17-4-3-5-18(14-17)22-23-19(16-27-22)15-24-10-12-25(13-11-24)20-6-8-21(26-2)9-7-20/h3-9,14,16H,10-13,15H2,1-2H3. The molecule has 1 fully saturated rings. The third-order valence-corrected chi connectivity index (χ3v) is 5.95. The molecule has 0 saturated carbocycles. The molecular weight excluding hydrogens is 354 g/mol. The quantitative estimate of drug-likeness (QED) is 0.655. The molecule has 0 bridgehead atoms. The fourth-order valence-corrected chi connectivity index (χ4v) is 4.28. The first-order valence-electron chi connectivity index (χ1n) is 9.34. The molecule has 0 radical (unpaired) electrons. The van der Waals surface area contributed by atoms with E-state index in [-0.39, 0.29) is 0 Å². The summed E-state index contributed by atoms with van der Waals surface area (Å²) in [7, 11) is 1.70. The van der Waals surface area contributed by atoms with E-state index in [9.17, 15) is 0 Å². The Kier molecular flexibility index (Phi) is 5.41. The largest absolute Gasteiger partial charge is 0.497 e. The van der Waals surface area contributed by atoms with Crippen LogP contribution >= 0.6 is 11.3 Å². The number of aryl methyl sites for hydroxylation is 1. The molecule has 2 heterocycles. The van der Waals surface area contributed by atoms with Crippen LogP contribution in [0.4, 0.5) is 5.69 Å². The third kappa shape index (κ3) is 4.31. The topological polar surface area (TPSA) is 28.6 Å². The number of hydrogen-bond acceptors (Lipinski definition) is 5. The molecule has 5 heteroatoms. The van der Waals surface area contributed by atoms with Crippen LogP contribution in [0.15, 0.2) is 53.9 Å². The smallest absolute Gasteiger partial charge is 0.123 e. The lowest BCUT2D eigenvalue weighted by atomic mass is 10.1. The molecule has 140 valence electrons. The van der Waals surface area contributed by atoms with Crippen LogP contribution < -0.4 is 9.64 Å². The van der Waals surface area contributed by atoms with Crippen molar-refractivity contribution in [2.24, 2.45) is 0 Å². The van der Waals surface area contributed by atoms with E-state index in [1.807, 2.05) is 12.1 Å². The fraction of sp³-hybridized carbons (Fsp3) is 0.318. The first-order valence-corrected chi connectivity index (χ1v) is 10.2. The normalized spacial score (nSPS) is 15.1. The maximum Gasteiger partial charge on any atom is 0.123 e. The molecule has 1 saturated heterocycles. The van der Waals surface area contributed by atoms with Gasteiger partial charge in [0, 0.05) is 49.4 Å². The number of thiazole rings is 1. The summed E-state index contributed by atoms with van der Waals surface area (Å²) in [5.74, 6) is 0.908. The molecule has 0 spiro atoms. The molecular formula is C22H25N3OS. The highest BCUT2D eigenvalue weighted by molar-refractivity contribution is 7.13. The van der Waals surface area contributed by atoms with Crippen LogP contribution in [0.25, 0.3) is 10.6 Å². The highest BCUT2D eigenvalue weighted by atomic mass is 32.1. The summed E-state index contributed by atoms with van der Waals surface area (Å²) in [5.41, 5.74) is 4.94. The van der Waals surface area contributed by atoms with Crippen molar-refractivity contribution in [2.45, 2.75) is 13.5 Å². The Balaban J connectivity index is 1.34. The van der Waals surface area contributed by atoms with Crippen molar-refractivity contribution < 1.29 is 4.74 Å². The van der Waals surface area contributed by atoms with Gasteiger partial charge in [-0.05, 0) is 37.3 Å². The van der Waals surface area contributed by atoms with Crippen molar-refractivity contribution in [1.29, 1.82) is 0 Å². The number of rotatable bonds is 5. The summed E-state index contributed by atoms with van der Waals surface area (Å²) in [6, 6.07) is 16.9. The maximum absolute atomic E-state index is 5.25. The number of piperazine rings is 1. The van der Waals surface area contributed by atoms with Crippen molar-refractivity contribution in [1.82, 2.24) is 9.88 Å². The zero-order valence-corrected chi connectivity index (χ0v) is 16.7. The summed E-state index contributed by atoms with van der Waals surface area (Å²) in [5, 5.41) is 3.32. The van der Waals surface area contributed by atoms with Crippen molar-refractivity contribution in [3.8, 4) is 16.3 Å². The van der Waals surface area contributed by atoms with Gasteiger partial charge in [-0.3, -0.25) is 4.90 Å². The molecule has 0 amide bonds. The minimum Gasteiger partial charge on any atom is -0.497 e. The second-order valence-corrected chi connectivity index (χ2v) is 7.83. The van der Waals surface area contributed by atoms with Crippen LogP contribution in [0, 0.1) is 6.92 Å². The van der Waals surface area contributed by atoms with Crippen molar-refractivity contribution in [2.75, 3.05) is 38.2 Å². The molecule has 2 aromatic carbocycles. The molecule has 0 unspecified atom stereocenters. The van der Waals surface area contributed by atoms with Crippen molar-refractivity contribution >= 4 is 17.0 Å². The molecule has 27 heavy (non-hydrogen) atoms. The number of anilines is 1. The number of ether oxygens (including phenoxy) is 1. The first kappa shape index (κ1) is 18.0. The second-order valence-electron chi connectivity index (χ2n) is 6.97. The average Bonchev–Trinajstić information content (AvgIpc) is 3.17. The van der Waals surface area contributed by atoms with Crippen LogP contribution in [-0.2, 0) is 6.54 Å². The summed E-state index contributed by atoms with van der Waals surface area (Å²) < 4.78 is 5.25. The Morgan fingerprint density at radius 2 is 1.81 bits per heavy atom. The molecule has 0 aliphatic carbocycles. The van der Waals surface area contributed by atoms with E-state index in [1.165, 1.54) is 22.5 Å². The summed E-state index contributed by atoms with van der Waals surface area (Å²) >= 11 is 1.74. The highest BCUT2D eigenvalue weighted by Gasteiger charge is 2.18. The monoisotopic (exact) mass is 379 g/mol. The van der Waals surface area contributed by atoms with Crippen LogP contribution in [0.3, 0.4) is 0 Å². The molecule has 1 aliphatic heterocycles. The van der Waals surface area contributed by atoms with Crippen molar-refractivity contribution in [3.05, 3.63) is 65.2 Å². The number of aromatic nitrogens is 1. The van der Waals surface area contributed by atoms with Gasteiger partial charge in [-0.25, -0.2) is 4.98 Å². The Bertz CT molecular complexity index is 883. The van der Waals surface area contributed by atoms with Crippen LogP contribution in [0.1, 0.15) is 11.3 Å². The van der Waals surface area contributed by atoms with E-state index in [4.69, 9.17) is 9.72 Å². The summed E-state index contributed by atoms with van der Waals surface area (Å²) in [6.07, 6.45) is 0. The lowest BCUT2D eigenvalue weighted by Crippen LogP contribution is -2.46. The maximum atomic E-state index is 5.25. The second kappa shape index (κ2) is 8.11. The molecule has 0 atom stereocenters. The SMILES string of the molecule is COc1ccc(N2CCN(Cc3csc(-c4cccc(C)c4)n3)CC2)cc1. The lowest BCUT2D eigenvalue weighted by Gasteiger charge is -2.35. The lowest BCUT2D eigenvalue weighted by molar-refractivity contribution is 0.247. The van der Waals surface area contributed by atoms with Crippen LogP contribution in [-0.4, -0.2) is 43.2 Å². The van der Waals surface area contributed by atoms with Gasteiger partial charge in [0.1, 0.15) is 10.8 Å². The van der Waals surface area contributed by atoms with E-state index in [1.54, 1.807) is 18.4 Å². The van der Waals surface area contributed by atoms with Crippen LogP contribution in [0.5, 0.6) is 5.75 Å². The van der Waals surface area contributed by atoms with Gasteiger partial charge in [-0.15, -0.1) is 11.3 Å². The van der Waals surface area contributed by atoms with Gasteiger partial charge in [0.05, 0.1) is 12.8 Å². The molecule has 0 N–H and O–H groups in total. The van der Waals surface area contributed by atoms with E-state index >= 15 is 0 Å². The average molecular weight is 380 g/mol. The fourth-order valence-electron chi connectivity index (χ4n) is 3.48.